The number of hydrogen-bond acceptors (Lipinski definition) is 5. The van der Waals surface area contributed by atoms with Crippen molar-refractivity contribution in [1.82, 2.24) is 15.8 Å². The Kier molecular flexibility index (Phi) is 6.81. The van der Waals surface area contributed by atoms with Crippen molar-refractivity contribution in [3.8, 4) is 0 Å². The lowest BCUT2D eigenvalue weighted by atomic mass is 10.1. The number of carbonyl (C=O) groups is 2. The fourth-order valence-electron chi connectivity index (χ4n) is 1.73. The Hall–Kier alpha value is -0.270. The summed E-state index contributed by atoms with van der Waals surface area (Å²) in [6.45, 7) is 1.96. The number of nitrogens with one attached hydrogen (secondary N) is 2. The Morgan fingerprint density at radius 2 is 2.15 bits per heavy atom. The van der Waals surface area contributed by atoms with Crippen LogP contribution in [-0.4, -0.2) is 53.0 Å². The van der Waals surface area contributed by atoms with Crippen molar-refractivity contribution in [1.29, 1.82) is 0 Å². The third kappa shape index (κ3) is 5.61. The first-order valence-electron chi connectivity index (χ1n) is 6.23. The smallest absolute Gasteiger partial charge is 0.325 e. The SMILES string of the molecule is CN[C@@H](C)C(=O)N1CCC[C@@H](C(=O)OCC(Cl)(Cl)Cl)N1. The first-order valence-corrected chi connectivity index (χ1v) is 7.36. The molecule has 9 heteroatoms. The number of nitrogens with zero attached hydrogens (tertiary/aromatic N) is 1. The highest BCUT2D eigenvalue weighted by Crippen LogP contribution is 2.26. The Labute approximate surface area is 133 Å². The van der Waals surface area contributed by atoms with Gasteiger partial charge in [-0.3, -0.25) is 14.6 Å². The van der Waals surface area contributed by atoms with Crippen LogP contribution in [0.3, 0.4) is 0 Å². The average molecular weight is 347 g/mol. The Balaban J connectivity index is 2.52. The van der Waals surface area contributed by atoms with Gasteiger partial charge >= 0.3 is 5.97 Å². The van der Waals surface area contributed by atoms with Crippen molar-refractivity contribution >= 4 is 46.7 Å². The molecular formula is C11H18Cl3N3O3. The number of hydrazine groups is 1. The summed E-state index contributed by atoms with van der Waals surface area (Å²) in [5, 5.41) is 4.27. The van der Waals surface area contributed by atoms with Gasteiger partial charge in [0.1, 0.15) is 12.6 Å². The topological polar surface area (TPSA) is 70.7 Å². The van der Waals surface area contributed by atoms with Gasteiger partial charge in [0, 0.05) is 6.54 Å². The third-order valence-corrected chi connectivity index (χ3v) is 3.25. The van der Waals surface area contributed by atoms with Crippen LogP contribution in [0.1, 0.15) is 19.8 Å². The monoisotopic (exact) mass is 345 g/mol. The largest absolute Gasteiger partial charge is 0.460 e. The molecule has 1 fully saturated rings. The fraction of sp³-hybridized carbons (Fsp3) is 0.818. The molecule has 1 rings (SSSR count). The number of hydrogen-bond donors (Lipinski definition) is 2. The summed E-state index contributed by atoms with van der Waals surface area (Å²) in [7, 11) is 1.69. The second kappa shape index (κ2) is 7.66. The van der Waals surface area contributed by atoms with Crippen LogP contribution >= 0.6 is 34.8 Å². The predicted octanol–water partition coefficient (Wildman–Crippen LogP) is 1.00. The van der Waals surface area contributed by atoms with E-state index in [0.717, 1.165) is 0 Å². The predicted molar refractivity (Wildman–Crippen MR) is 77.6 cm³/mol. The number of halogens is 3. The lowest BCUT2D eigenvalue weighted by Crippen LogP contribution is -2.58. The van der Waals surface area contributed by atoms with Crippen molar-refractivity contribution in [2.24, 2.45) is 0 Å². The highest BCUT2D eigenvalue weighted by atomic mass is 35.6. The first kappa shape index (κ1) is 17.8. The molecule has 1 saturated heterocycles. The molecule has 116 valence electrons. The second-order valence-electron chi connectivity index (χ2n) is 4.55. The van der Waals surface area contributed by atoms with E-state index >= 15 is 0 Å². The highest BCUT2D eigenvalue weighted by Gasteiger charge is 2.32. The molecule has 0 radical (unpaired) electrons. The quantitative estimate of drug-likeness (QED) is 0.587. The molecule has 0 saturated carbocycles. The molecule has 0 aliphatic carbocycles. The number of amides is 1. The van der Waals surface area contributed by atoms with Crippen LogP contribution in [0, 0.1) is 0 Å². The number of likely N-dealkylation sites (N-methyl/N-ethyl adjacent to an activating group) is 1. The standard InChI is InChI=1S/C11H18Cl3N3O3/c1-7(15-2)9(18)17-5-3-4-8(16-17)10(19)20-6-11(12,13)14/h7-8,15-16H,3-6H2,1-2H3/t7-,8-/m0/s1. The molecule has 1 aliphatic heterocycles. The second-order valence-corrected chi connectivity index (χ2v) is 7.06. The highest BCUT2D eigenvalue weighted by molar-refractivity contribution is 6.67. The first-order chi connectivity index (χ1) is 9.24. The van der Waals surface area contributed by atoms with Gasteiger partial charge in [0.25, 0.3) is 5.91 Å². The molecule has 0 spiro atoms. The molecule has 0 unspecified atom stereocenters. The van der Waals surface area contributed by atoms with Gasteiger partial charge in [0.15, 0.2) is 0 Å². The molecule has 2 N–H and O–H groups in total. The van der Waals surface area contributed by atoms with Crippen molar-refractivity contribution in [3.05, 3.63) is 0 Å². The zero-order chi connectivity index (χ0) is 15.3. The summed E-state index contributed by atoms with van der Waals surface area (Å²) in [6, 6.07) is -0.942. The minimum Gasteiger partial charge on any atom is -0.460 e. The van der Waals surface area contributed by atoms with E-state index in [1.165, 1.54) is 5.01 Å². The molecule has 20 heavy (non-hydrogen) atoms. The summed E-state index contributed by atoms with van der Waals surface area (Å²) >= 11 is 16.5. The third-order valence-electron chi connectivity index (χ3n) is 2.92. The van der Waals surface area contributed by atoms with Gasteiger partial charge in [-0.15, -0.1) is 0 Å². The van der Waals surface area contributed by atoms with Gasteiger partial charge in [-0.25, -0.2) is 5.43 Å². The van der Waals surface area contributed by atoms with Gasteiger partial charge < -0.3 is 10.1 Å². The van der Waals surface area contributed by atoms with Gasteiger partial charge in [-0.2, -0.15) is 0 Å². The molecule has 6 nitrogen and oxygen atoms in total. The summed E-state index contributed by atoms with van der Waals surface area (Å²) in [4.78, 5) is 23.8. The van der Waals surface area contributed by atoms with Gasteiger partial charge in [0.2, 0.25) is 3.79 Å². The van der Waals surface area contributed by atoms with Crippen molar-refractivity contribution < 1.29 is 14.3 Å². The number of ether oxygens (including phenoxy) is 1. The average Bonchev–Trinajstić information content (AvgIpc) is 2.42. The molecule has 1 aliphatic rings. The van der Waals surface area contributed by atoms with Crippen LogP contribution in [0.25, 0.3) is 0 Å². The minimum absolute atomic E-state index is 0.133. The summed E-state index contributed by atoms with van der Waals surface area (Å²) in [5.74, 6) is -0.669. The minimum atomic E-state index is -1.64. The van der Waals surface area contributed by atoms with E-state index < -0.39 is 15.8 Å². The van der Waals surface area contributed by atoms with Gasteiger partial charge in [0.05, 0.1) is 6.04 Å². The van der Waals surface area contributed by atoms with E-state index in [1.807, 2.05) is 0 Å². The number of rotatable bonds is 4. The Morgan fingerprint density at radius 1 is 1.50 bits per heavy atom. The van der Waals surface area contributed by atoms with Gasteiger partial charge in [-0.1, -0.05) is 34.8 Å². The molecule has 0 bridgehead atoms. The van der Waals surface area contributed by atoms with Crippen molar-refractivity contribution in [2.45, 2.75) is 35.6 Å². The number of esters is 1. The Bertz CT molecular complexity index is 363. The zero-order valence-corrected chi connectivity index (χ0v) is 13.6. The normalized spacial score (nSPS) is 21.4. The van der Waals surface area contributed by atoms with Crippen molar-refractivity contribution in [2.75, 3.05) is 20.2 Å². The van der Waals surface area contributed by atoms with Crippen LogP contribution < -0.4 is 10.7 Å². The van der Waals surface area contributed by atoms with E-state index in [2.05, 4.69) is 10.7 Å². The fourth-order valence-corrected chi connectivity index (χ4v) is 1.89. The maximum atomic E-state index is 12.0. The van der Waals surface area contributed by atoms with E-state index in [0.29, 0.717) is 19.4 Å². The van der Waals surface area contributed by atoms with E-state index in [4.69, 9.17) is 39.5 Å². The van der Waals surface area contributed by atoms with E-state index in [-0.39, 0.29) is 18.6 Å². The molecule has 0 aromatic carbocycles. The molecule has 0 aromatic rings. The molecule has 1 heterocycles. The summed E-state index contributed by atoms with van der Waals surface area (Å²) in [5.41, 5.74) is 2.84. The van der Waals surface area contributed by atoms with Crippen LogP contribution in [0.4, 0.5) is 0 Å². The van der Waals surface area contributed by atoms with Crippen LogP contribution in [0.5, 0.6) is 0 Å². The maximum absolute atomic E-state index is 12.0. The van der Waals surface area contributed by atoms with Crippen LogP contribution in [-0.2, 0) is 14.3 Å². The molecule has 0 aromatic heterocycles. The number of carbonyl (C=O) groups excluding carboxylic acids is 2. The van der Waals surface area contributed by atoms with Crippen LogP contribution in [0.15, 0.2) is 0 Å². The van der Waals surface area contributed by atoms with Crippen molar-refractivity contribution in [3.63, 3.8) is 0 Å². The lowest BCUT2D eigenvalue weighted by molar-refractivity contribution is -0.152. The lowest BCUT2D eigenvalue weighted by Gasteiger charge is -2.34. The van der Waals surface area contributed by atoms with Crippen LogP contribution in [0.2, 0.25) is 0 Å². The maximum Gasteiger partial charge on any atom is 0.325 e. The Morgan fingerprint density at radius 3 is 2.70 bits per heavy atom. The van der Waals surface area contributed by atoms with E-state index in [1.54, 1.807) is 14.0 Å². The molecule has 1 amide bonds. The summed E-state index contributed by atoms with van der Waals surface area (Å²) < 4.78 is 3.27. The summed E-state index contributed by atoms with van der Waals surface area (Å²) in [6.07, 6.45) is 1.26. The zero-order valence-electron chi connectivity index (χ0n) is 11.3. The van der Waals surface area contributed by atoms with Gasteiger partial charge in [-0.05, 0) is 26.8 Å². The molecular weight excluding hydrogens is 328 g/mol. The number of alkyl halides is 3. The molecule has 2 atom stereocenters. The van der Waals surface area contributed by atoms with E-state index in [9.17, 15) is 9.59 Å².